The lowest BCUT2D eigenvalue weighted by molar-refractivity contribution is -0.122. The Morgan fingerprint density at radius 2 is 1.90 bits per heavy atom. The number of aromatic nitrogens is 1. The van der Waals surface area contributed by atoms with E-state index in [1.165, 1.54) is 0 Å². The van der Waals surface area contributed by atoms with Crippen LogP contribution < -0.4 is 20.7 Å². The van der Waals surface area contributed by atoms with Gasteiger partial charge < -0.3 is 20.7 Å². The molecule has 0 spiro atoms. The second kappa shape index (κ2) is 9.22. The number of anilines is 2. The number of carbonyl (C=O) groups excluding carboxylic acids is 2. The van der Waals surface area contributed by atoms with E-state index in [4.69, 9.17) is 27.1 Å². The molecule has 31 heavy (non-hydrogen) atoms. The molecule has 7 nitrogen and oxygen atoms in total. The molecule has 0 unspecified atom stereocenters. The number of nitrogens with zero attached hydrogens (tertiary/aromatic N) is 2. The predicted octanol–water partition coefficient (Wildman–Crippen LogP) is 3.61. The van der Waals surface area contributed by atoms with Gasteiger partial charge in [0.15, 0.2) is 6.61 Å². The third kappa shape index (κ3) is 5.06. The maximum Gasteiger partial charge on any atom is 0.262 e. The maximum atomic E-state index is 12.3. The Hall–Kier alpha value is -3.32. The third-order valence-corrected chi connectivity index (χ3v) is 5.59. The number of hydrogen-bond acceptors (Lipinski definition) is 5. The summed E-state index contributed by atoms with van der Waals surface area (Å²) >= 11 is 5.95. The molecule has 4 rings (SSSR count). The molecule has 1 aliphatic heterocycles. The Bertz CT molecular complexity index is 1110. The first-order valence-electron chi connectivity index (χ1n) is 10.1. The summed E-state index contributed by atoms with van der Waals surface area (Å²) in [4.78, 5) is 30.6. The second-order valence-corrected chi connectivity index (χ2v) is 7.94. The van der Waals surface area contributed by atoms with E-state index in [1.54, 1.807) is 30.3 Å². The molecule has 1 saturated heterocycles. The van der Waals surface area contributed by atoms with Crippen LogP contribution in [0.4, 0.5) is 11.5 Å². The molecule has 2 heterocycles. The van der Waals surface area contributed by atoms with Crippen LogP contribution in [0.15, 0.2) is 54.6 Å². The lowest BCUT2D eigenvalue weighted by Gasteiger charge is -2.31. The fraction of sp³-hybridized carbons (Fsp3) is 0.261. The number of piperidine rings is 1. The van der Waals surface area contributed by atoms with Crippen molar-refractivity contribution in [2.24, 2.45) is 11.7 Å². The molecule has 3 aromatic rings. The van der Waals surface area contributed by atoms with Crippen molar-refractivity contribution in [1.82, 2.24) is 4.98 Å². The fourth-order valence-corrected chi connectivity index (χ4v) is 3.89. The number of primary amides is 1. The molecule has 2 amide bonds. The lowest BCUT2D eigenvalue weighted by Crippen LogP contribution is -2.38. The van der Waals surface area contributed by atoms with E-state index in [0.29, 0.717) is 22.0 Å². The van der Waals surface area contributed by atoms with Gasteiger partial charge in [-0.2, -0.15) is 0 Å². The van der Waals surface area contributed by atoms with Gasteiger partial charge in [0.25, 0.3) is 5.91 Å². The molecule has 1 aromatic heterocycles. The van der Waals surface area contributed by atoms with Crippen molar-refractivity contribution in [2.75, 3.05) is 29.9 Å². The highest BCUT2D eigenvalue weighted by molar-refractivity contribution is 6.30. The van der Waals surface area contributed by atoms with Crippen LogP contribution in [0.1, 0.15) is 12.8 Å². The van der Waals surface area contributed by atoms with E-state index in [-0.39, 0.29) is 24.3 Å². The molecular weight excluding hydrogens is 416 g/mol. The summed E-state index contributed by atoms with van der Waals surface area (Å²) in [5.41, 5.74) is 6.73. The first-order valence-corrected chi connectivity index (χ1v) is 10.5. The maximum absolute atomic E-state index is 12.3. The van der Waals surface area contributed by atoms with Gasteiger partial charge in [-0.3, -0.25) is 9.59 Å². The summed E-state index contributed by atoms with van der Waals surface area (Å²) < 4.78 is 5.79. The molecular formula is C23H23ClN4O3. The smallest absolute Gasteiger partial charge is 0.262 e. The van der Waals surface area contributed by atoms with Crippen LogP contribution >= 0.6 is 11.6 Å². The van der Waals surface area contributed by atoms with Gasteiger partial charge in [0.05, 0.1) is 0 Å². The second-order valence-electron chi connectivity index (χ2n) is 7.51. The van der Waals surface area contributed by atoms with Gasteiger partial charge in [-0.15, -0.1) is 0 Å². The summed E-state index contributed by atoms with van der Waals surface area (Å²) in [6.45, 7) is 1.29. The van der Waals surface area contributed by atoms with Crippen molar-refractivity contribution in [3.63, 3.8) is 0 Å². The third-order valence-electron chi connectivity index (χ3n) is 5.36. The number of hydrogen-bond donors (Lipinski definition) is 2. The molecule has 0 aliphatic carbocycles. The van der Waals surface area contributed by atoms with E-state index in [0.717, 1.165) is 37.1 Å². The van der Waals surface area contributed by atoms with Gasteiger partial charge in [-0.25, -0.2) is 4.98 Å². The minimum Gasteiger partial charge on any atom is -0.481 e. The Morgan fingerprint density at radius 3 is 2.65 bits per heavy atom. The summed E-state index contributed by atoms with van der Waals surface area (Å²) in [5.74, 6) is 0.748. The first-order chi connectivity index (χ1) is 15.0. The zero-order valence-corrected chi connectivity index (χ0v) is 17.6. The highest BCUT2D eigenvalue weighted by Gasteiger charge is 2.24. The fourth-order valence-electron chi connectivity index (χ4n) is 3.70. The number of benzene rings is 2. The predicted molar refractivity (Wildman–Crippen MR) is 121 cm³/mol. The quantitative estimate of drug-likeness (QED) is 0.612. The average Bonchev–Trinajstić information content (AvgIpc) is 2.77. The Kier molecular flexibility index (Phi) is 6.23. The van der Waals surface area contributed by atoms with Gasteiger partial charge in [-0.05, 0) is 49.2 Å². The van der Waals surface area contributed by atoms with Gasteiger partial charge in [0, 0.05) is 35.1 Å². The van der Waals surface area contributed by atoms with Crippen LogP contribution in [0.2, 0.25) is 5.02 Å². The molecule has 3 N–H and O–H groups in total. The zero-order valence-electron chi connectivity index (χ0n) is 16.9. The number of nitrogens with one attached hydrogen (secondary N) is 1. The number of carbonyl (C=O) groups is 2. The van der Waals surface area contributed by atoms with Gasteiger partial charge in [0.2, 0.25) is 5.91 Å². The van der Waals surface area contributed by atoms with E-state index in [9.17, 15) is 9.59 Å². The van der Waals surface area contributed by atoms with Crippen LogP contribution in [-0.2, 0) is 9.59 Å². The van der Waals surface area contributed by atoms with Crippen molar-refractivity contribution in [1.29, 1.82) is 0 Å². The number of pyridine rings is 1. The summed E-state index contributed by atoms with van der Waals surface area (Å²) in [7, 11) is 0. The van der Waals surface area contributed by atoms with Crippen molar-refractivity contribution in [3.8, 4) is 5.75 Å². The Morgan fingerprint density at radius 1 is 1.13 bits per heavy atom. The molecule has 0 bridgehead atoms. The first kappa shape index (κ1) is 20.9. The number of fused-ring (bicyclic) bond motifs is 1. The van der Waals surface area contributed by atoms with Crippen LogP contribution in [0.25, 0.3) is 10.9 Å². The summed E-state index contributed by atoms with van der Waals surface area (Å²) in [5, 5.41) is 4.23. The van der Waals surface area contributed by atoms with Crippen molar-refractivity contribution in [3.05, 3.63) is 59.6 Å². The van der Waals surface area contributed by atoms with E-state index < -0.39 is 0 Å². The van der Waals surface area contributed by atoms with Gasteiger partial charge >= 0.3 is 0 Å². The minimum atomic E-state index is -0.288. The molecule has 2 aromatic carbocycles. The minimum absolute atomic E-state index is 0.0754. The van der Waals surface area contributed by atoms with Crippen LogP contribution in [-0.4, -0.2) is 36.5 Å². The molecule has 0 atom stereocenters. The number of para-hydroxylation sites is 1. The highest BCUT2D eigenvalue weighted by Crippen LogP contribution is 2.28. The average molecular weight is 439 g/mol. The van der Waals surface area contributed by atoms with E-state index in [2.05, 4.69) is 10.2 Å². The Balaban J connectivity index is 1.46. The van der Waals surface area contributed by atoms with Crippen molar-refractivity contribution >= 4 is 45.8 Å². The topological polar surface area (TPSA) is 97.5 Å². The molecule has 0 saturated carbocycles. The zero-order chi connectivity index (χ0) is 21.8. The molecule has 8 heteroatoms. The van der Waals surface area contributed by atoms with Gasteiger partial charge in [-0.1, -0.05) is 29.8 Å². The molecule has 1 fully saturated rings. The van der Waals surface area contributed by atoms with Crippen molar-refractivity contribution in [2.45, 2.75) is 12.8 Å². The lowest BCUT2D eigenvalue weighted by atomic mass is 9.96. The van der Waals surface area contributed by atoms with E-state index in [1.807, 2.05) is 24.3 Å². The number of nitrogens with two attached hydrogens (primary N) is 1. The van der Waals surface area contributed by atoms with Crippen LogP contribution in [0.3, 0.4) is 0 Å². The number of amides is 2. The molecule has 1 aliphatic rings. The largest absolute Gasteiger partial charge is 0.481 e. The number of rotatable bonds is 6. The monoisotopic (exact) mass is 438 g/mol. The van der Waals surface area contributed by atoms with E-state index >= 15 is 0 Å². The molecule has 0 radical (unpaired) electrons. The number of ether oxygens (including phenoxy) is 1. The Labute approximate surface area is 185 Å². The summed E-state index contributed by atoms with van der Waals surface area (Å²) in [6.07, 6.45) is 1.44. The van der Waals surface area contributed by atoms with Gasteiger partial charge in [0.1, 0.15) is 17.1 Å². The number of halogens is 1. The molecule has 160 valence electrons. The van der Waals surface area contributed by atoms with Crippen molar-refractivity contribution < 1.29 is 14.3 Å². The normalized spacial score (nSPS) is 14.4. The summed E-state index contributed by atoms with van der Waals surface area (Å²) in [6, 6.07) is 16.5. The van der Waals surface area contributed by atoms with Crippen LogP contribution in [0.5, 0.6) is 5.75 Å². The van der Waals surface area contributed by atoms with Crippen LogP contribution in [0, 0.1) is 5.92 Å². The highest BCUT2D eigenvalue weighted by atomic mass is 35.5. The SMILES string of the molecule is NC(=O)C1CCN(c2ccc3cccc(OCC(=O)Nc4cccc(Cl)c4)c3n2)CC1. The standard InChI is InChI=1S/C23H23ClN4O3/c24-17-4-2-5-18(13-17)26-21(29)14-31-19-6-1-3-15-7-8-20(27-22(15)19)28-11-9-16(10-12-28)23(25)30/h1-8,13,16H,9-12,14H2,(H2,25,30)(H,26,29).